The Kier molecular flexibility index (Phi) is 6.01. The van der Waals surface area contributed by atoms with Crippen LogP contribution >= 0.6 is 0 Å². The fourth-order valence-corrected chi connectivity index (χ4v) is 1.87. The van der Waals surface area contributed by atoms with E-state index < -0.39 is 0 Å². The van der Waals surface area contributed by atoms with Gasteiger partial charge in [0, 0.05) is 24.2 Å². The van der Waals surface area contributed by atoms with Crippen molar-refractivity contribution >= 4 is 0 Å². The average molecular weight is 236 g/mol. The number of hydrogen-bond acceptors (Lipinski definition) is 3. The average Bonchev–Trinajstić information content (AvgIpc) is 2.39. The minimum atomic E-state index is 0.221. The van der Waals surface area contributed by atoms with Crippen molar-refractivity contribution in [2.45, 2.75) is 38.8 Å². The monoisotopic (exact) mass is 236 g/mol. The quantitative estimate of drug-likeness (QED) is 0.764. The van der Waals surface area contributed by atoms with Crippen LogP contribution in [0.2, 0.25) is 0 Å². The van der Waals surface area contributed by atoms with Crippen LogP contribution in [0, 0.1) is 0 Å². The van der Waals surface area contributed by atoms with E-state index in [0.29, 0.717) is 6.04 Å². The maximum atomic E-state index is 5.93. The molecule has 3 nitrogen and oxygen atoms in total. The van der Waals surface area contributed by atoms with Crippen LogP contribution in [0.3, 0.4) is 0 Å². The summed E-state index contributed by atoms with van der Waals surface area (Å²) in [4.78, 5) is 0. The highest BCUT2D eigenvalue weighted by molar-refractivity contribution is 5.35. The Morgan fingerprint density at radius 2 is 1.94 bits per heavy atom. The van der Waals surface area contributed by atoms with Gasteiger partial charge in [0.15, 0.2) is 0 Å². The molecule has 0 aliphatic carbocycles. The molecular formula is C14H24N2O. The standard InChI is InChI=1S/C14H24N2O/c1-4-11(15)10-16-13(5-2)12-8-6-7-9-14(12)17-3/h6-9,11,13,16H,4-5,10,15H2,1-3H3. The zero-order chi connectivity index (χ0) is 12.7. The van der Waals surface area contributed by atoms with E-state index in [1.165, 1.54) is 5.56 Å². The predicted molar refractivity (Wildman–Crippen MR) is 72.3 cm³/mol. The first-order chi connectivity index (χ1) is 8.22. The van der Waals surface area contributed by atoms with E-state index in [1.54, 1.807) is 7.11 Å². The van der Waals surface area contributed by atoms with Crippen LogP contribution in [0.4, 0.5) is 0 Å². The van der Waals surface area contributed by atoms with Crippen molar-refractivity contribution in [1.29, 1.82) is 0 Å². The second-order valence-electron chi connectivity index (χ2n) is 4.28. The zero-order valence-electron chi connectivity index (χ0n) is 11.1. The minimum Gasteiger partial charge on any atom is -0.496 e. The van der Waals surface area contributed by atoms with Crippen LogP contribution in [0.25, 0.3) is 0 Å². The van der Waals surface area contributed by atoms with Gasteiger partial charge in [-0.2, -0.15) is 0 Å². The fourth-order valence-electron chi connectivity index (χ4n) is 1.87. The second-order valence-corrected chi connectivity index (χ2v) is 4.28. The molecule has 2 unspecified atom stereocenters. The lowest BCUT2D eigenvalue weighted by atomic mass is 10.0. The Balaban J connectivity index is 2.72. The summed E-state index contributed by atoms with van der Waals surface area (Å²) < 4.78 is 5.39. The van der Waals surface area contributed by atoms with E-state index >= 15 is 0 Å². The van der Waals surface area contributed by atoms with Crippen LogP contribution in [-0.2, 0) is 0 Å². The largest absolute Gasteiger partial charge is 0.496 e. The maximum absolute atomic E-state index is 5.93. The van der Waals surface area contributed by atoms with E-state index in [0.717, 1.165) is 25.1 Å². The van der Waals surface area contributed by atoms with Crippen LogP contribution in [0.15, 0.2) is 24.3 Å². The van der Waals surface area contributed by atoms with Crippen molar-refractivity contribution in [2.24, 2.45) is 5.73 Å². The van der Waals surface area contributed by atoms with Gasteiger partial charge in [-0.1, -0.05) is 32.0 Å². The third-order valence-corrected chi connectivity index (χ3v) is 3.07. The Hall–Kier alpha value is -1.06. The molecule has 0 bridgehead atoms. The SMILES string of the molecule is CCC(N)CNC(CC)c1ccccc1OC. The van der Waals surface area contributed by atoms with E-state index in [1.807, 2.05) is 18.2 Å². The van der Waals surface area contributed by atoms with Crippen molar-refractivity contribution in [2.75, 3.05) is 13.7 Å². The summed E-state index contributed by atoms with van der Waals surface area (Å²) >= 11 is 0. The molecule has 0 saturated heterocycles. The number of benzene rings is 1. The minimum absolute atomic E-state index is 0.221. The molecule has 0 aromatic heterocycles. The number of ether oxygens (including phenoxy) is 1. The Morgan fingerprint density at radius 1 is 1.24 bits per heavy atom. The first-order valence-corrected chi connectivity index (χ1v) is 6.34. The van der Waals surface area contributed by atoms with Crippen molar-refractivity contribution in [3.05, 3.63) is 29.8 Å². The molecule has 96 valence electrons. The fraction of sp³-hybridized carbons (Fsp3) is 0.571. The molecule has 0 saturated carbocycles. The highest BCUT2D eigenvalue weighted by Crippen LogP contribution is 2.26. The van der Waals surface area contributed by atoms with Gasteiger partial charge in [-0.25, -0.2) is 0 Å². The van der Waals surface area contributed by atoms with Crippen LogP contribution < -0.4 is 15.8 Å². The summed E-state index contributed by atoms with van der Waals surface area (Å²) in [7, 11) is 1.71. The van der Waals surface area contributed by atoms with Crippen molar-refractivity contribution in [3.63, 3.8) is 0 Å². The number of para-hydroxylation sites is 1. The lowest BCUT2D eigenvalue weighted by molar-refractivity contribution is 0.393. The van der Waals surface area contributed by atoms with E-state index in [4.69, 9.17) is 10.5 Å². The number of hydrogen-bond donors (Lipinski definition) is 2. The van der Waals surface area contributed by atoms with Gasteiger partial charge in [0.1, 0.15) is 5.75 Å². The third kappa shape index (κ3) is 4.02. The van der Waals surface area contributed by atoms with Gasteiger partial charge in [0.05, 0.1) is 7.11 Å². The highest BCUT2D eigenvalue weighted by atomic mass is 16.5. The van der Waals surface area contributed by atoms with Gasteiger partial charge in [-0.05, 0) is 18.9 Å². The molecule has 0 aliphatic rings. The molecular weight excluding hydrogens is 212 g/mol. The number of nitrogens with one attached hydrogen (secondary N) is 1. The first-order valence-electron chi connectivity index (χ1n) is 6.34. The molecule has 0 radical (unpaired) electrons. The predicted octanol–water partition coefficient (Wildman–Crippen LogP) is 2.47. The summed E-state index contributed by atoms with van der Waals surface area (Å²) in [6, 6.07) is 8.67. The van der Waals surface area contributed by atoms with Crippen LogP contribution in [0.5, 0.6) is 5.75 Å². The van der Waals surface area contributed by atoms with Gasteiger partial charge in [0.2, 0.25) is 0 Å². The molecule has 3 N–H and O–H groups in total. The number of methoxy groups -OCH3 is 1. The van der Waals surface area contributed by atoms with Crippen molar-refractivity contribution in [3.8, 4) is 5.75 Å². The Morgan fingerprint density at radius 3 is 2.53 bits per heavy atom. The Bertz CT molecular complexity index is 328. The third-order valence-electron chi connectivity index (χ3n) is 3.07. The lowest BCUT2D eigenvalue weighted by Gasteiger charge is -2.21. The molecule has 0 heterocycles. The summed E-state index contributed by atoms with van der Waals surface area (Å²) in [5, 5.41) is 3.51. The van der Waals surface area contributed by atoms with Crippen LogP contribution in [-0.4, -0.2) is 19.7 Å². The molecule has 3 heteroatoms. The maximum Gasteiger partial charge on any atom is 0.123 e. The molecule has 0 amide bonds. The molecule has 0 aliphatic heterocycles. The van der Waals surface area contributed by atoms with Gasteiger partial charge in [-0.3, -0.25) is 0 Å². The van der Waals surface area contributed by atoms with Crippen molar-refractivity contribution in [1.82, 2.24) is 5.32 Å². The summed E-state index contributed by atoms with van der Waals surface area (Å²) in [6.45, 7) is 5.12. The van der Waals surface area contributed by atoms with Crippen LogP contribution in [0.1, 0.15) is 38.3 Å². The molecule has 0 spiro atoms. The Labute approximate surface area is 104 Å². The molecule has 1 aromatic carbocycles. The van der Waals surface area contributed by atoms with Crippen molar-refractivity contribution < 1.29 is 4.74 Å². The smallest absolute Gasteiger partial charge is 0.123 e. The molecule has 2 atom stereocenters. The topological polar surface area (TPSA) is 47.3 Å². The number of rotatable bonds is 7. The summed E-state index contributed by atoms with van der Waals surface area (Å²) in [6.07, 6.45) is 2.02. The normalized spacial score (nSPS) is 14.4. The van der Waals surface area contributed by atoms with Gasteiger partial charge in [-0.15, -0.1) is 0 Å². The summed E-state index contributed by atoms with van der Waals surface area (Å²) in [5.41, 5.74) is 7.14. The first kappa shape index (κ1) is 14.0. The van der Waals surface area contributed by atoms with Gasteiger partial charge in [0.25, 0.3) is 0 Å². The second kappa shape index (κ2) is 7.30. The number of nitrogens with two attached hydrogens (primary N) is 1. The van der Waals surface area contributed by atoms with Gasteiger partial charge >= 0.3 is 0 Å². The molecule has 1 aromatic rings. The molecule has 17 heavy (non-hydrogen) atoms. The zero-order valence-corrected chi connectivity index (χ0v) is 11.1. The highest BCUT2D eigenvalue weighted by Gasteiger charge is 2.13. The van der Waals surface area contributed by atoms with Gasteiger partial charge < -0.3 is 15.8 Å². The van der Waals surface area contributed by atoms with E-state index in [9.17, 15) is 0 Å². The van der Waals surface area contributed by atoms with E-state index in [-0.39, 0.29) is 6.04 Å². The summed E-state index contributed by atoms with van der Waals surface area (Å²) in [5.74, 6) is 0.942. The lowest BCUT2D eigenvalue weighted by Crippen LogP contribution is -2.35. The molecule has 1 rings (SSSR count). The van der Waals surface area contributed by atoms with E-state index in [2.05, 4.69) is 25.2 Å². The molecule has 0 fully saturated rings.